The summed E-state index contributed by atoms with van der Waals surface area (Å²) >= 11 is 3.28. The summed E-state index contributed by atoms with van der Waals surface area (Å²) in [5.41, 5.74) is 8.90. The smallest absolute Gasteiger partial charge is 0.124 e. The molecule has 0 aliphatic heterocycles. The average molecular weight is 309 g/mol. The van der Waals surface area contributed by atoms with Gasteiger partial charge in [0.05, 0.1) is 11.7 Å². The fourth-order valence-electron chi connectivity index (χ4n) is 1.97. The Bertz CT molecular complexity index is 537. The van der Waals surface area contributed by atoms with E-state index in [0.29, 0.717) is 6.42 Å². The van der Waals surface area contributed by atoms with Gasteiger partial charge in [-0.25, -0.2) is 4.39 Å². The second kappa shape index (κ2) is 5.59. The molecule has 0 amide bonds. The van der Waals surface area contributed by atoms with Gasteiger partial charge in [-0.3, -0.25) is 4.98 Å². The van der Waals surface area contributed by atoms with Crippen molar-refractivity contribution in [2.45, 2.75) is 19.4 Å². The van der Waals surface area contributed by atoms with Crippen molar-refractivity contribution in [2.75, 3.05) is 0 Å². The molecule has 0 fully saturated rings. The van der Waals surface area contributed by atoms with Crippen LogP contribution in [0.3, 0.4) is 0 Å². The van der Waals surface area contributed by atoms with Gasteiger partial charge < -0.3 is 5.73 Å². The van der Waals surface area contributed by atoms with Gasteiger partial charge in [-0.05, 0) is 48.7 Å². The highest BCUT2D eigenvalue weighted by Gasteiger charge is 2.11. The molecule has 2 N–H and O–H groups in total. The van der Waals surface area contributed by atoms with E-state index < -0.39 is 0 Å². The Morgan fingerprint density at radius 3 is 2.83 bits per heavy atom. The van der Waals surface area contributed by atoms with Crippen molar-refractivity contribution in [2.24, 2.45) is 5.73 Å². The van der Waals surface area contributed by atoms with Crippen LogP contribution in [0.2, 0.25) is 0 Å². The van der Waals surface area contributed by atoms with Gasteiger partial charge in [0.25, 0.3) is 0 Å². The van der Waals surface area contributed by atoms with E-state index in [1.807, 2.05) is 25.1 Å². The van der Waals surface area contributed by atoms with E-state index in [-0.39, 0.29) is 11.9 Å². The summed E-state index contributed by atoms with van der Waals surface area (Å²) in [6.45, 7) is 1.98. The van der Waals surface area contributed by atoms with Gasteiger partial charge in [-0.1, -0.05) is 22.0 Å². The Hall–Kier alpha value is -1.26. The van der Waals surface area contributed by atoms with E-state index >= 15 is 0 Å². The Kier molecular flexibility index (Phi) is 4.09. The van der Waals surface area contributed by atoms with Crippen LogP contribution in [0.25, 0.3) is 0 Å². The van der Waals surface area contributed by atoms with Gasteiger partial charge in [-0.15, -0.1) is 0 Å². The number of halogens is 2. The molecule has 0 aliphatic rings. The lowest BCUT2D eigenvalue weighted by atomic mass is 10.0. The average Bonchev–Trinajstić information content (AvgIpc) is 2.27. The van der Waals surface area contributed by atoms with Crippen molar-refractivity contribution < 1.29 is 4.39 Å². The topological polar surface area (TPSA) is 38.9 Å². The molecule has 0 bridgehead atoms. The van der Waals surface area contributed by atoms with Gasteiger partial charge in [0.2, 0.25) is 0 Å². The summed E-state index contributed by atoms with van der Waals surface area (Å²) in [6, 6.07) is 8.44. The first-order valence-corrected chi connectivity index (χ1v) is 6.47. The number of nitrogens with two attached hydrogens (primary N) is 1. The Labute approximate surface area is 114 Å². The van der Waals surface area contributed by atoms with Crippen LogP contribution in [0.15, 0.2) is 41.0 Å². The molecule has 94 valence electrons. The molecule has 2 rings (SSSR count). The van der Waals surface area contributed by atoms with Crippen LogP contribution in [0.5, 0.6) is 0 Å². The maximum Gasteiger partial charge on any atom is 0.124 e. The molecule has 0 aliphatic carbocycles. The van der Waals surface area contributed by atoms with Crippen molar-refractivity contribution in [3.63, 3.8) is 0 Å². The summed E-state index contributed by atoms with van der Waals surface area (Å²) in [6.07, 6.45) is 2.29. The summed E-state index contributed by atoms with van der Waals surface area (Å²) in [5, 5.41) is 0. The van der Waals surface area contributed by atoms with Crippen LogP contribution < -0.4 is 5.73 Å². The maximum absolute atomic E-state index is 13.3. The lowest BCUT2D eigenvalue weighted by Gasteiger charge is -2.13. The van der Waals surface area contributed by atoms with Crippen LogP contribution in [-0.2, 0) is 6.42 Å². The molecule has 2 aromatic rings. The highest BCUT2D eigenvalue weighted by atomic mass is 79.9. The largest absolute Gasteiger partial charge is 0.322 e. The van der Waals surface area contributed by atoms with E-state index in [1.165, 1.54) is 12.1 Å². The third-order valence-electron chi connectivity index (χ3n) is 2.78. The lowest BCUT2D eigenvalue weighted by Crippen LogP contribution is -2.16. The first-order chi connectivity index (χ1) is 8.56. The lowest BCUT2D eigenvalue weighted by molar-refractivity contribution is 0.619. The summed E-state index contributed by atoms with van der Waals surface area (Å²) in [4.78, 5) is 4.29. The molecule has 1 aromatic heterocycles. The van der Waals surface area contributed by atoms with Gasteiger partial charge in [0.1, 0.15) is 5.82 Å². The van der Waals surface area contributed by atoms with Crippen LogP contribution in [0.1, 0.15) is 22.9 Å². The molecule has 0 saturated carbocycles. The van der Waals surface area contributed by atoms with E-state index in [9.17, 15) is 4.39 Å². The van der Waals surface area contributed by atoms with Crippen LogP contribution in [-0.4, -0.2) is 4.98 Å². The predicted octanol–water partition coefficient (Wildman–Crippen LogP) is 3.53. The van der Waals surface area contributed by atoms with Crippen molar-refractivity contribution in [3.05, 3.63) is 63.6 Å². The number of hydrogen-bond donors (Lipinski definition) is 1. The molecule has 1 unspecified atom stereocenters. The zero-order valence-electron chi connectivity index (χ0n) is 10.0. The fourth-order valence-corrected chi connectivity index (χ4v) is 2.48. The van der Waals surface area contributed by atoms with E-state index in [4.69, 9.17) is 5.73 Å². The molecule has 2 nitrogen and oxygen atoms in total. The van der Waals surface area contributed by atoms with Crippen molar-refractivity contribution in [3.8, 4) is 0 Å². The molecule has 18 heavy (non-hydrogen) atoms. The van der Waals surface area contributed by atoms with Crippen molar-refractivity contribution in [1.29, 1.82) is 0 Å². The molecule has 1 aromatic carbocycles. The first kappa shape index (κ1) is 13.2. The van der Waals surface area contributed by atoms with E-state index in [2.05, 4.69) is 20.9 Å². The van der Waals surface area contributed by atoms with Gasteiger partial charge in [0.15, 0.2) is 0 Å². The first-order valence-electron chi connectivity index (χ1n) is 5.68. The van der Waals surface area contributed by atoms with Gasteiger partial charge in [0, 0.05) is 10.7 Å². The molecule has 1 atom stereocenters. The summed E-state index contributed by atoms with van der Waals surface area (Å²) < 4.78 is 14.0. The predicted molar refractivity (Wildman–Crippen MR) is 73.7 cm³/mol. The van der Waals surface area contributed by atoms with Crippen LogP contribution >= 0.6 is 15.9 Å². The fraction of sp³-hybridized carbons (Fsp3) is 0.214. The zero-order chi connectivity index (χ0) is 13.1. The highest BCUT2D eigenvalue weighted by Crippen LogP contribution is 2.21. The van der Waals surface area contributed by atoms with Crippen LogP contribution in [0, 0.1) is 12.7 Å². The minimum Gasteiger partial charge on any atom is -0.322 e. The second-order valence-electron chi connectivity index (χ2n) is 4.29. The van der Waals surface area contributed by atoms with Crippen molar-refractivity contribution >= 4 is 15.9 Å². The summed E-state index contributed by atoms with van der Waals surface area (Å²) in [5.74, 6) is -0.260. The summed E-state index contributed by atoms with van der Waals surface area (Å²) in [7, 11) is 0. The van der Waals surface area contributed by atoms with E-state index in [1.54, 1.807) is 6.20 Å². The van der Waals surface area contributed by atoms with Gasteiger partial charge >= 0.3 is 0 Å². The third-order valence-corrected chi connectivity index (χ3v) is 3.24. The molecule has 0 spiro atoms. The molecule has 0 saturated heterocycles. The third kappa shape index (κ3) is 3.15. The Morgan fingerprint density at radius 1 is 1.39 bits per heavy atom. The maximum atomic E-state index is 13.3. The zero-order valence-corrected chi connectivity index (χ0v) is 11.6. The molecule has 4 heteroatoms. The van der Waals surface area contributed by atoms with Crippen LogP contribution in [0.4, 0.5) is 4.39 Å². The SMILES string of the molecule is Cc1cccnc1C(N)Cc1cc(F)cc(Br)c1. The minimum absolute atomic E-state index is 0.222. The molecular formula is C14H14BrFN2. The monoisotopic (exact) mass is 308 g/mol. The Morgan fingerprint density at radius 2 is 2.17 bits per heavy atom. The van der Waals surface area contributed by atoms with Gasteiger partial charge in [-0.2, -0.15) is 0 Å². The number of aromatic nitrogens is 1. The number of benzene rings is 1. The number of hydrogen-bond acceptors (Lipinski definition) is 2. The number of pyridine rings is 1. The molecular weight excluding hydrogens is 295 g/mol. The number of nitrogens with zero attached hydrogens (tertiary/aromatic N) is 1. The normalized spacial score (nSPS) is 12.4. The van der Waals surface area contributed by atoms with E-state index in [0.717, 1.165) is 21.3 Å². The Balaban J connectivity index is 2.21. The highest BCUT2D eigenvalue weighted by molar-refractivity contribution is 9.10. The molecule has 1 heterocycles. The van der Waals surface area contributed by atoms with Crippen molar-refractivity contribution in [1.82, 2.24) is 4.98 Å². The second-order valence-corrected chi connectivity index (χ2v) is 5.21. The quantitative estimate of drug-likeness (QED) is 0.942. The number of aryl methyl sites for hydroxylation is 1. The molecule has 0 radical (unpaired) electrons. The number of rotatable bonds is 3. The minimum atomic E-state index is -0.260. The standard InChI is InChI=1S/C14H14BrFN2/c1-9-3-2-4-18-14(9)13(17)7-10-5-11(15)8-12(16)6-10/h2-6,8,13H,7,17H2,1H3.